The third-order valence-corrected chi connectivity index (χ3v) is 8.75. The fourth-order valence-corrected chi connectivity index (χ4v) is 6.12. The molecule has 5 rings (SSSR count). The predicted molar refractivity (Wildman–Crippen MR) is 186 cm³/mol. The molecule has 2 aliphatic rings. The topological polar surface area (TPSA) is 151 Å². The van der Waals surface area contributed by atoms with Crippen LogP contribution < -0.4 is 26.2 Å². The Bertz CT molecular complexity index is 1850. The zero-order chi connectivity index (χ0) is 34.6. The second-order valence-corrected chi connectivity index (χ2v) is 12.9. The van der Waals surface area contributed by atoms with Crippen molar-refractivity contribution >= 4 is 34.6 Å². The predicted octanol–water partition coefficient (Wildman–Crippen LogP) is 5.55. The normalized spacial score (nSPS) is 20.3. The summed E-state index contributed by atoms with van der Waals surface area (Å²) in [5, 5.41) is 21.8. The van der Waals surface area contributed by atoms with Gasteiger partial charge in [-0.3, -0.25) is 19.1 Å². The van der Waals surface area contributed by atoms with E-state index in [9.17, 15) is 19.5 Å². The summed E-state index contributed by atoms with van der Waals surface area (Å²) >= 11 is 0. The molecule has 12 heteroatoms. The van der Waals surface area contributed by atoms with Gasteiger partial charge < -0.3 is 24.8 Å². The number of carbonyl (C=O) groups is 1. The first-order valence-electron chi connectivity index (χ1n) is 16.2. The van der Waals surface area contributed by atoms with Crippen LogP contribution in [0.5, 0.6) is 5.75 Å². The van der Waals surface area contributed by atoms with Crippen molar-refractivity contribution < 1.29 is 19.4 Å². The van der Waals surface area contributed by atoms with Gasteiger partial charge in [0.25, 0.3) is 5.56 Å². The molecule has 0 saturated carbocycles. The van der Waals surface area contributed by atoms with Crippen molar-refractivity contribution in [2.24, 2.45) is 10.2 Å². The number of fused-ring (bicyclic) bond motifs is 1. The number of methoxy groups -OCH3 is 1. The first-order chi connectivity index (χ1) is 22.9. The summed E-state index contributed by atoms with van der Waals surface area (Å²) in [5.74, 6) is 0.494. The average molecular weight is 657 g/mol. The highest BCUT2D eigenvalue weighted by atomic mass is 16.5. The van der Waals surface area contributed by atoms with Gasteiger partial charge in [0.05, 0.1) is 36.1 Å². The third-order valence-electron chi connectivity index (χ3n) is 8.75. The molecular weight excluding hydrogens is 612 g/mol. The van der Waals surface area contributed by atoms with Gasteiger partial charge in [-0.2, -0.15) is 5.11 Å². The number of amides is 1. The van der Waals surface area contributed by atoms with Crippen LogP contribution in [0.1, 0.15) is 69.9 Å². The van der Waals surface area contributed by atoms with E-state index in [0.717, 1.165) is 28.1 Å². The first kappa shape index (κ1) is 34.5. The molecular formula is C36H44N6O6. The Labute approximate surface area is 279 Å². The van der Waals surface area contributed by atoms with Crippen molar-refractivity contribution in [3.63, 3.8) is 0 Å². The second kappa shape index (κ2) is 14.5. The van der Waals surface area contributed by atoms with Crippen LogP contribution in [0.2, 0.25) is 0 Å². The van der Waals surface area contributed by atoms with Crippen molar-refractivity contribution in [1.82, 2.24) is 14.9 Å². The maximum atomic E-state index is 12.7. The van der Waals surface area contributed by atoms with Crippen LogP contribution in [0.15, 0.2) is 74.6 Å². The lowest BCUT2D eigenvalue weighted by Crippen LogP contribution is -2.45. The summed E-state index contributed by atoms with van der Waals surface area (Å²) in [6.07, 6.45) is 6.23. The molecule has 1 aromatic heterocycles. The molecule has 0 aliphatic carbocycles. The van der Waals surface area contributed by atoms with E-state index in [2.05, 4.69) is 52.3 Å². The lowest BCUT2D eigenvalue weighted by atomic mass is 9.88. The lowest BCUT2D eigenvalue weighted by molar-refractivity contribution is -0.120. The number of ether oxygens (including phenoxy) is 2. The molecule has 3 aromatic rings. The van der Waals surface area contributed by atoms with Crippen molar-refractivity contribution in [3.8, 4) is 5.75 Å². The number of hydrogen-bond donors (Lipinski definition) is 3. The summed E-state index contributed by atoms with van der Waals surface area (Å²) in [4.78, 5) is 42.0. The van der Waals surface area contributed by atoms with E-state index in [0.29, 0.717) is 30.8 Å². The summed E-state index contributed by atoms with van der Waals surface area (Å²) in [6, 6.07) is 11.8. The second-order valence-electron chi connectivity index (χ2n) is 12.9. The molecule has 1 amide bonds. The standard InChI is InChI=1S/C36H44N6O6/c1-22-11-13-26(14-12-22)39-40-28-17-27-23(2)20-36(4,5)42(29(27)18-31(28)47-6)16-8-10-32(44)37-15-7-9-25-21-41(35(46)38-34(25)45)33-19-30(43)24(3)48-33/h7,9,11-14,17-18,20-21,24,30,33,43H,8,10,15-16,19H2,1-6H3,(H,37,44)(H,38,45,46)/b9-7+,40-39+/t24-,30-,33-/m1/s1. The van der Waals surface area contributed by atoms with Gasteiger partial charge in [-0.15, -0.1) is 5.11 Å². The summed E-state index contributed by atoms with van der Waals surface area (Å²) in [7, 11) is 1.62. The maximum absolute atomic E-state index is 12.7. The summed E-state index contributed by atoms with van der Waals surface area (Å²) in [5.41, 5.74) is 4.51. The Kier molecular flexibility index (Phi) is 10.4. The first-order valence-corrected chi connectivity index (χ1v) is 16.2. The molecule has 12 nitrogen and oxygen atoms in total. The molecule has 3 N–H and O–H groups in total. The largest absolute Gasteiger partial charge is 0.494 e. The SMILES string of the molecule is COc1cc2c(cc1/N=N/c1ccc(C)cc1)C(C)=CC(C)(C)N2CCCC(=O)NC/C=C/c1cn([C@H]2C[C@@H](O)[C@@H](C)O2)c(=O)[nH]c1=O. The monoisotopic (exact) mass is 656 g/mol. The van der Waals surface area contributed by atoms with Gasteiger partial charge in [0, 0.05) is 49.4 Å². The molecule has 0 unspecified atom stereocenters. The van der Waals surface area contributed by atoms with Crippen LogP contribution in [-0.4, -0.2) is 58.5 Å². The minimum absolute atomic E-state index is 0.118. The van der Waals surface area contributed by atoms with Crippen molar-refractivity contribution in [3.05, 3.63) is 92.3 Å². The number of hydrogen-bond acceptors (Lipinski definition) is 9. The highest BCUT2D eigenvalue weighted by Crippen LogP contribution is 2.45. The molecule has 1 saturated heterocycles. The highest BCUT2D eigenvalue weighted by molar-refractivity contribution is 5.85. The number of aromatic nitrogens is 2. The Morgan fingerprint density at radius 2 is 1.94 bits per heavy atom. The van der Waals surface area contributed by atoms with Crippen LogP contribution in [0.3, 0.4) is 0 Å². The Morgan fingerprint density at radius 1 is 1.19 bits per heavy atom. The molecule has 3 atom stereocenters. The number of aliphatic hydroxyl groups excluding tert-OH is 1. The van der Waals surface area contributed by atoms with E-state index in [1.807, 2.05) is 43.3 Å². The summed E-state index contributed by atoms with van der Waals surface area (Å²) in [6.45, 7) is 11.0. The molecule has 0 radical (unpaired) electrons. The van der Waals surface area contributed by atoms with Gasteiger partial charge >= 0.3 is 5.69 Å². The smallest absolute Gasteiger partial charge is 0.330 e. The van der Waals surface area contributed by atoms with E-state index in [1.54, 1.807) is 26.2 Å². The molecule has 3 heterocycles. The molecule has 2 aliphatic heterocycles. The number of allylic oxidation sites excluding steroid dienone is 1. The van der Waals surface area contributed by atoms with E-state index in [4.69, 9.17) is 9.47 Å². The quantitative estimate of drug-likeness (QED) is 0.229. The number of nitrogens with one attached hydrogen (secondary N) is 2. The molecule has 0 bridgehead atoms. The van der Waals surface area contributed by atoms with Crippen LogP contribution in [0.4, 0.5) is 17.1 Å². The van der Waals surface area contributed by atoms with E-state index >= 15 is 0 Å². The van der Waals surface area contributed by atoms with Crippen molar-refractivity contribution in [1.29, 1.82) is 0 Å². The number of azo groups is 1. The Hall–Kier alpha value is -4.81. The Morgan fingerprint density at radius 3 is 2.62 bits per heavy atom. The number of aliphatic hydroxyl groups is 1. The fourth-order valence-electron chi connectivity index (χ4n) is 6.12. The van der Waals surface area contributed by atoms with Crippen molar-refractivity contribution in [2.45, 2.75) is 77.9 Å². The fraction of sp³-hybridized carbons (Fsp3) is 0.417. The molecule has 1 fully saturated rings. The third kappa shape index (κ3) is 7.83. The van der Waals surface area contributed by atoms with Gasteiger partial charge in [0.2, 0.25) is 5.91 Å². The number of aromatic amines is 1. The summed E-state index contributed by atoms with van der Waals surface area (Å²) < 4.78 is 12.6. The van der Waals surface area contributed by atoms with Crippen LogP contribution in [0, 0.1) is 6.92 Å². The van der Waals surface area contributed by atoms with E-state index in [-0.39, 0.29) is 30.0 Å². The van der Waals surface area contributed by atoms with Crippen LogP contribution >= 0.6 is 0 Å². The van der Waals surface area contributed by atoms with Gasteiger partial charge in [-0.1, -0.05) is 35.9 Å². The maximum Gasteiger partial charge on any atom is 0.330 e. The Balaban J connectivity index is 1.20. The van der Waals surface area contributed by atoms with Gasteiger partial charge in [-0.05, 0) is 64.8 Å². The van der Waals surface area contributed by atoms with E-state index < -0.39 is 29.7 Å². The molecule has 0 spiro atoms. The lowest BCUT2D eigenvalue weighted by Gasteiger charge is -2.43. The number of benzene rings is 2. The minimum atomic E-state index is -0.693. The van der Waals surface area contributed by atoms with Gasteiger partial charge in [0.1, 0.15) is 17.7 Å². The number of rotatable bonds is 11. The van der Waals surface area contributed by atoms with Gasteiger partial charge in [0.15, 0.2) is 0 Å². The number of anilines is 1. The molecule has 2 aromatic carbocycles. The molecule has 48 heavy (non-hydrogen) atoms. The molecule has 254 valence electrons. The van der Waals surface area contributed by atoms with Gasteiger partial charge in [-0.25, -0.2) is 4.79 Å². The van der Waals surface area contributed by atoms with Crippen LogP contribution in [-0.2, 0) is 9.53 Å². The number of carbonyl (C=O) groups excluding carboxylic acids is 1. The average Bonchev–Trinajstić information content (AvgIpc) is 3.37. The van der Waals surface area contributed by atoms with E-state index in [1.165, 1.54) is 10.8 Å². The zero-order valence-corrected chi connectivity index (χ0v) is 28.3. The van der Waals surface area contributed by atoms with Crippen LogP contribution in [0.25, 0.3) is 11.6 Å². The van der Waals surface area contributed by atoms with Crippen molar-refractivity contribution in [2.75, 3.05) is 25.1 Å². The number of aryl methyl sites for hydroxylation is 1. The number of H-pyrrole nitrogens is 1. The number of nitrogens with zero attached hydrogens (tertiary/aromatic N) is 4. The zero-order valence-electron chi connectivity index (χ0n) is 28.3. The minimum Gasteiger partial charge on any atom is -0.494 e. The highest BCUT2D eigenvalue weighted by Gasteiger charge is 2.33.